The van der Waals surface area contributed by atoms with Crippen molar-refractivity contribution in [2.45, 2.75) is 36.5 Å². The Labute approximate surface area is 173 Å². The fraction of sp³-hybridized carbons (Fsp3) is 0.286. The zero-order valence-corrected chi connectivity index (χ0v) is 17.6. The van der Waals surface area contributed by atoms with E-state index in [1.54, 1.807) is 11.8 Å². The highest BCUT2D eigenvalue weighted by Crippen LogP contribution is 2.28. The van der Waals surface area contributed by atoms with E-state index in [-0.39, 0.29) is 12.5 Å². The Kier molecular flexibility index (Phi) is 7.59. The van der Waals surface area contributed by atoms with E-state index in [9.17, 15) is 4.79 Å². The van der Waals surface area contributed by atoms with E-state index in [1.807, 2.05) is 30.3 Å². The summed E-state index contributed by atoms with van der Waals surface area (Å²) < 4.78 is 6.26. The molecule has 3 rings (SSSR count). The number of carbonyl (C=O) groups excluding carboxylic acids is 1. The number of hydrogen-bond acceptors (Lipinski definition) is 6. The van der Waals surface area contributed by atoms with Crippen LogP contribution in [0.5, 0.6) is 0 Å². The van der Waals surface area contributed by atoms with Gasteiger partial charge in [0.05, 0.1) is 6.61 Å². The van der Waals surface area contributed by atoms with Crippen molar-refractivity contribution in [3.05, 3.63) is 71.3 Å². The van der Waals surface area contributed by atoms with Crippen LogP contribution in [0.4, 0.5) is 5.13 Å². The molecule has 1 heterocycles. The second kappa shape index (κ2) is 10.4. The van der Waals surface area contributed by atoms with Crippen LogP contribution in [0.25, 0.3) is 0 Å². The van der Waals surface area contributed by atoms with Crippen LogP contribution in [-0.2, 0) is 21.9 Å². The molecule has 0 spiro atoms. The highest BCUT2D eigenvalue weighted by Gasteiger charge is 2.09. The molecule has 1 aromatic heterocycles. The van der Waals surface area contributed by atoms with Crippen LogP contribution in [0.2, 0.25) is 0 Å². The fourth-order valence-electron chi connectivity index (χ4n) is 2.45. The van der Waals surface area contributed by atoms with Gasteiger partial charge in [-0.05, 0) is 22.6 Å². The van der Waals surface area contributed by atoms with Crippen LogP contribution in [0.15, 0.2) is 58.9 Å². The second-order valence-electron chi connectivity index (χ2n) is 6.58. The van der Waals surface area contributed by atoms with Gasteiger partial charge < -0.3 is 4.74 Å². The first-order chi connectivity index (χ1) is 13.6. The van der Waals surface area contributed by atoms with Crippen molar-refractivity contribution >= 4 is 34.1 Å². The molecule has 0 saturated heterocycles. The summed E-state index contributed by atoms with van der Waals surface area (Å²) in [5.74, 6) is 1.13. The highest BCUT2D eigenvalue weighted by atomic mass is 32.2. The second-order valence-corrected chi connectivity index (χ2v) is 8.78. The molecule has 28 heavy (non-hydrogen) atoms. The van der Waals surface area contributed by atoms with Gasteiger partial charge in [-0.3, -0.25) is 10.1 Å². The van der Waals surface area contributed by atoms with Crippen molar-refractivity contribution in [2.75, 3.05) is 11.9 Å². The first-order valence-corrected chi connectivity index (χ1v) is 10.9. The summed E-state index contributed by atoms with van der Waals surface area (Å²) in [5.41, 5.74) is 3.61. The topological polar surface area (TPSA) is 64.1 Å². The lowest BCUT2D eigenvalue weighted by molar-refractivity contribution is -0.121. The zero-order chi connectivity index (χ0) is 19.8. The molecule has 0 aliphatic heterocycles. The number of ether oxygens (including phenoxy) is 1. The fourth-order valence-corrected chi connectivity index (χ4v) is 4.18. The van der Waals surface area contributed by atoms with E-state index in [4.69, 9.17) is 4.74 Å². The summed E-state index contributed by atoms with van der Waals surface area (Å²) in [6.45, 7) is 4.77. The van der Waals surface area contributed by atoms with E-state index >= 15 is 0 Å². The van der Waals surface area contributed by atoms with Crippen LogP contribution in [-0.4, -0.2) is 22.7 Å². The van der Waals surface area contributed by atoms with Gasteiger partial charge in [0, 0.05) is 5.75 Å². The van der Waals surface area contributed by atoms with Crippen LogP contribution in [0.1, 0.15) is 36.5 Å². The van der Waals surface area contributed by atoms with Gasteiger partial charge in [0.15, 0.2) is 4.34 Å². The number of benzene rings is 2. The number of thioether (sulfide) groups is 1. The van der Waals surface area contributed by atoms with Gasteiger partial charge in [-0.25, -0.2) is 0 Å². The molecular formula is C21H23N3O2S2. The number of aromatic nitrogens is 2. The van der Waals surface area contributed by atoms with E-state index in [0.717, 1.165) is 15.7 Å². The van der Waals surface area contributed by atoms with Crippen molar-refractivity contribution in [2.24, 2.45) is 0 Å². The SMILES string of the molecule is CC(C)c1ccc(CSc2nnc(NC(=O)COCc3ccccc3)s2)cc1. The normalized spacial score (nSPS) is 11.0. The molecule has 0 fully saturated rings. The Morgan fingerprint density at radius 2 is 1.82 bits per heavy atom. The van der Waals surface area contributed by atoms with Gasteiger partial charge in [0.2, 0.25) is 5.13 Å². The molecule has 1 N–H and O–H groups in total. The Balaban J connectivity index is 1.41. The maximum Gasteiger partial charge on any atom is 0.252 e. The van der Waals surface area contributed by atoms with E-state index in [2.05, 4.69) is 53.6 Å². The molecule has 5 nitrogen and oxygen atoms in total. The molecule has 0 unspecified atom stereocenters. The van der Waals surface area contributed by atoms with Gasteiger partial charge in [-0.1, -0.05) is 91.5 Å². The maximum absolute atomic E-state index is 12.0. The third-order valence-corrected chi connectivity index (χ3v) is 6.05. The zero-order valence-electron chi connectivity index (χ0n) is 15.9. The van der Waals surface area contributed by atoms with Crippen molar-refractivity contribution in [3.8, 4) is 0 Å². The Hall–Kier alpha value is -2.22. The summed E-state index contributed by atoms with van der Waals surface area (Å²) in [6.07, 6.45) is 0. The van der Waals surface area contributed by atoms with E-state index < -0.39 is 0 Å². The molecule has 2 aromatic carbocycles. The van der Waals surface area contributed by atoms with Crippen molar-refractivity contribution < 1.29 is 9.53 Å². The summed E-state index contributed by atoms with van der Waals surface area (Å²) in [5, 5.41) is 11.4. The van der Waals surface area contributed by atoms with Crippen LogP contribution in [0, 0.1) is 0 Å². The number of hydrogen-bond donors (Lipinski definition) is 1. The minimum Gasteiger partial charge on any atom is -0.367 e. The number of anilines is 1. The third kappa shape index (κ3) is 6.44. The molecule has 7 heteroatoms. The Morgan fingerprint density at radius 1 is 1.07 bits per heavy atom. The lowest BCUT2D eigenvalue weighted by Crippen LogP contribution is -2.18. The lowest BCUT2D eigenvalue weighted by Gasteiger charge is -2.06. The molecule has 0 aliphatic rings. The molecule has 0 radical (unpaired) electrons. The van der Waals surface area contributed by atoms with Crippen molar-refractivity contribution in [1.29, 1.82) is 0 Å². The first-order valence-electron chi connectivity index (χ1n) is 9.07. The molecule has 0 saturated carbocycles. The van der Waals surface area contributed by atoms with Gasteiger partial charge in [-0.2, -0.15) is 0 Å². The standard InChI is InChI=1S/C21H23N3O2S2/c1-15(2)18-10-8-17(9-11-18)14-27-21-24-23-20(28-21)22-19(25)13-26-12-16-6-4-3-5-7-16/h3-11,15H,12-14H2,1-2H3,(H,22,23,25). The molecule has 146 valence electrons. The smallest absolute Gasteiger partial charge is 0.252 e. The minimum atomic E-state index is -0.229. The summed E-state index contributed by atoms with van der Waals surface area (Å²) in [7, 11) is 0. The minimum absolute atomic E-state index is 0.0147. The number of nitrogens with one attached hydrogen (secondary N) is 1. The average Bonchev–Trinajstić information content (AvgIpc) is 3.14. The summed E-state index contributed by atoms with van der Waals surface area (Å²) in [6, 6.07) is 18.4. The number of carbonyl (C=O) groups is 1. The van der Waals surface area contributed by atoms with Gasteiger partial charge in [0.25, 0.3) is 5.91 Å². The molecule has 0 bridgehead atoms. The van der Waals surface area contributed by atoms with Gasteiger partial charge >= 0.3 is 0 Å². The van der Waals surface area contributed by atoms with Crippen molar-refractivity contribution in [3.63, 3.8) is 0 Å². The number of rotatable bonds is 9. The van der Waals surface area contributed by atoms with Crippen LogP contribution in [0.3, 0.4) is 0 Å². The molecule has 3 aromatic rings. The molecule has 0 aliphatic carbocycles. The largest absolute Gasteiger partial charge is 0.367 e. The molecule has 1 amide bonds. The predicted octanol–water partition coefficient (Wildman–Crippen LogP) is 5.11. The van der Waals surface area contributed by atoms with Crippen LogP contribution >= 0.6 is 23.1 Å². The van der Waals surface area contributed by atoms with Crippen molar-refractivity contribution in [1.82, 2.24) is 10.2 Å². The Morgan fingerprint density at radius 3 is 2.54 bits per heavy atom. The third-order valence-electron chi connectivity index (χ3n) is 4.01. The number of amides is 1. The molecule has 0 atom stereocenters. The first kappa shape index (κ1) is 20.5. The highest BCUT2D eigenvalue weighted by molar-refractivity contribution is 8.00. The maximum atomic E-state index is 12.0. The van der Waals surface area contributed by atoms with E-state index in [1.165, 1.54) is 22.5 Å². The monoisotopic (exact) mass is 413 g/mol. The van der Waals surface area contributed by atoms with Crippen LogP contribution < -0.4 is 5.32 Å². The van der Waals surface area contributed by atoms with Gasteiger partial charge in [0.1, 0.15) is 6.61 Å². The summed E-state index contributed by atoms with van der Waals surface area (Å²) in [4.78, 5) is 12.0. The predicted molar refractivity (Wildman–Crippen MR) is 115 cm³/mol. The average molecular weight is 414 g/mol. The molecular weight excluding hydrogens is 390 g/mol. The summed E-state index contributed by atoms with van der Waals surface area (Å²) >= 11 is 2.98. The van der Waals surface area contributed by atoms with E-state index in [0.29, 0.717) is 17.7 Å². The van der Waals surface area contributed by atoms with Gasteiger partial charge in [-0.15, -0.1) is 10.2 Å². The number of nitrogens with zero attached hydrogens (tertiary/aromatic N) is 2. The quantitative estimate of drug-likeness (QED) is 0.390. The Bertz CT molecular complexity index is 880. The lowest BCUT2D eigenvalue weighted by atomic mass is 10.0.